The topological polar surface area (TPSA) is 52.6 Å². The van der Waals surface area contributed by atoms with E-state index in [1.54, 1.807) is 0 Å². The van der Waals surface area contributed by atoms with E-state index in [0.29, 0.717) is 12.8 Å². The lowest BCUT2D eigenvalue weighted by Crippen LogP contribution is -2.30. The summed E-state index contributed by atoms with van der Waals surface area (Å²) in [6.45, 7) is 3.23. The molecule has 1 heterocycles. The van der Waals surface area contributed by atoms with E-state index in [4.69, 9.17) is 4.74 Å². The lowest BCUT2D eigenvalue weighted by molar-refractivity contribution is -0.0537. The number of benzene rings is 1. The first kappa shape index (κ1) is 19.9. The predicted molar refractivity (Wildman–Crippen MR) is 87.1 cm³/mol. The zero-order valence-electron chi connectivity index (χ0n) is 14.0. The molecule has 2 rings (SSSR count). The Kier molecular flexibility index (Phi) is 6.29. The normalized spacial score (nSPS) is 24.0. The van der Waals surface area contributed by atoms with Gasteiger partial charge < -0.3 is 4.74 Å². The van der Waals surface area contributed by atoms with Gasteiger partial charge in [-0.2, -0.15) is 21.6 Å². The lowest BCUT2D eigenvalue weighted by Gasteiger charge is -2.35. The van der Waals surface area contributed by atoms with Crippen molar-refractivity contribution in [3.63, 3.8) is 0 Å². The molecule has 0 aromatic heterocycles. The van der Waals surface area contributed by atoms with E-state index in [1.165, 1.54) is 6.08 Å². The van der Waals surface area contributed by atoms with Crippen LogP contribution in [0.15, 0.2) is 42.0 Å². The van der Waals surface area contributed by atoms with E-state index in [9.17, 15) is 21.6 Å². The number of halogens is 3. The van der Waals surface area contributed by atoms with Gasteiger partial charge in [-0.05, 0) is 29.9 Å². The van der Waals surface area contributed by atoms with E-state index >= 15 is 0 Å². The zero-order chi connectivity index (χ0) is 18.7. The van der Waals surface area contributed by atoms with Crippen molar-refractivity contribution in [2.24, 2.45) is 5.92 Å². The van der Waals surface area contributed by atoms with Crippen LogP contribution in [-0.4, -0.2) is 26.6 Å². The molecule has 1 aliphatic heterocycles. The van der Waals surface area contributed by atoms with Gasteiger partial charge in [0.25, 0.3) is 0 Å². The molecule has 0 aliphatic carbocycles. The van der Waals surface area contributed by atoms with Crippen LogP contribution in [-0.2, 0) is 19.0 Å². The number of ether oxygens (including phenoxy) is 1. The Balaban J connectivity index is 2.06. The Morgan fingerprint density at radius 1 is 1.28 bits per heavy atom. The summed E-state index contributed by atoms with van der Waals surface area (Å²) in [6, 6.07) is 9.69. The minimum absolute atomic E-state index is 0.0921. The highest BCUT2D eigenvalue weighted by atomic mass is 32.2. The van der Waals surface area contributed by atoms with Gasteiger partial charge in [0.15, 0.2) is 0 Å². The molecule has 0 spiro atoms. The lowest BCUT2D eigenvalue weighted by atomic mass is 9.89. The van der Waals surface area contributed by atoms with E-state index < -0.39 is 22.2 Å². The van der Waals surface area contributed by atoms with Gasteiger partial charge in [0.05, 0.1) is 18.8 Å². The molecule has 1 aromatic carbocycles. The molecule has 0 amide bonds. The molecule has 2 atom stereocenters. The predicted octanol–water partition coefficient (Wildman–Crippen LogP) is 4.36. The summed E-state index contributed by atoms with van der Waals surface area (Å²) >= 11 is 0. The number of hydrogen-bond donors (Lipinski definition) is 0. The maximum Gasteiger partial charge on any atom is 0.523 e. The van der Waals surface area contributed by atoms with Crippen molar-refractivity contribution in [3.8, 4) is 0 Å². The molecule has 0 N–H and O–H groups in total. The average Bonchev–Trinajstić information content (AvgIpc) is 2.54. The van der Waals surface area contributed by atoms with E-state index in [1.807, 2.05) is 44.2 Å². The van der Waals surface area contributed by atoms with Crippen molar-refractivity contribution in [3.05, 3.63) is 47.5 Å². The fraction of sp³-hybridized carbons (Fsp3) is 0.529. The number of rotatable bonds is 5. The molecular weight excluding hydrogens is 357 g/mol. The van der Waals surface area contributed by atoms with Gasteiger partial charge in [-0.15, -0.1) is 0 Å². The Morgan fingerprint density at radius 2 is 1.92 bits per heavy atom. The maximum absolute atomic E-state index is 12.3. The fourth-order valence-corrected chi connectivity index (χ4v) is 3.17. The zero-order valence-corrected chi connectivity index (χ0v) is 14.8. The molecule has 1 aromatic rings. The molecular formula is C17H21F3O4S. The molecule has 1 aliphatic rings. The Labute approximate surface area is 145 Å². The summed E-state index contributed by atoms with van der Waals surface area (Å²) in [5.74, 6) is 0.0944. The molecule has 2 unspecified atom stereocenters. The molecule has 0 saturated carbocycles. The molecule has 140 valence electrons. The first-order chi connectivity index (χ1) is 11.6. The maximum atomic E-state index is 12.3. The monoisotopic (exact) mass is 378 g/mol. The second-order valence-corrected chi connectivity index (χ2v) is 7.81. The highest BCUT2D eigenvalue weighted by Gasteiger charge is 2.47. The molecule has 0 radical (unpaired) electrons. The highest BCUT2D eigenvalue weighted by Crippen LogP contribution is 2.37. The van der Waals surface area contributed by atoms with Gasteiger partial charge in [0, 0.05) is 0 Å². The van der Waals surface area contributed by atoms with E-state index in [-0.39, 0.29) is 18.1 Å². The summed E-state index contributed by atoms with van der Waals surface area (Å²) in [5, 5.41) is 0. The molecule has 4 nitrogen and oxygen atoms in total. The first-order valence-electron chi connectivity index (χ1n) is 7.97. The van der Waals surface area contributed by atoms with Crippen LogP contribution in [0.4, 0.5) is 13.2 Å². The molecule has 1 saturated heterocycles. The first-order valence-corrected chi connectivity index (χ1v) is 9.37. The third-order valence-corrected chi connectivity index (χ3v) is 5.01. The van der Waals surface area contributed by atoms with Gasteiger partial charge in [-0.25, -0.2) is 0 Å². The Hall–Kier alpha value is -1.38. The second-order valence-electron chi connectivity index (χ2n) is 6.20. The quantitative estimate of drug-likeness (QED) is 0.434. The SMILES string of the molecule is CC(C)C1OC(c2ccccc2)CCC1=CCOS(=O)(=O)C(F)(F)F. The van der Waals surface area contributed by atoms with Crippen molar-refractivity contribution in [1.29, 1.82) is 0 Å². The minimum atomic E-state index is -5.58. The van der Waals surface area contributed by atoms with Crippen LogP contribution < -0.4 is 0 Å². The summed E-state index contributed by atoms with van der Waals surface area (Å²) in [5.41, 5.74) is -3.60. The standard InChI is InChI=1S/C17H21F3O4S/c1-12(2)16-14(10-11-23-25(21,22)17(18,19)20)8-9-15(24-16)13-6-4-3-5-7-13/h3-7,10,12,15-16H,8-9,11H2,1-2H3. The fourth-order valence-electron chi connectivity index (χ4n) is 2.79. The van der Waals surface area contributed by atoms with Crippen LogP contribution in [0.5, 0.6) is 0 Å². The Bertz CT molecular complexity index is 696. The molecule has 0 bridgehead atoms. The van der Waals surface area contributed by atoms with Crippen molar-refractivity contribution >= 4 is 10.1 Å². The van der Waals surface area contributed by atoms with Crippen LogP contribution in [0, 0.1) is 5.92 Å². The van der Waals surface area contributed by atoms with Gasteiger partial charge in [-0.1, -0.05) is 50.3 Å². The molecule has 25 heavy (non-hydrogen) atoms. The van der Waals surface area contributed by atoms with Crippen molar-refractivity contribution in [1.82, 2.24) is 0 Å². The minimum Gasteiger partial charge on any atom is -0.366 e. The highest BCUT2D eigenvalue weighted by molar-refractivity contribution is 7.87. The summed E-state index contributed by atoms with van der Waals surface area (Å²) in [4.78, 5) is 0. The van der Waals surface area contributed by atoms with Crippen LogP contribution in [0.3, 0.4) is 0 Å². The number of hydrogen-bond acceptors (Lipinski definition) is 4. The number of alkyl halides is 3. The van der Waals surface area contributed by atoms with Gasteiger partial charge in [0.1, 0.15) is 0 Å². The van der Waals surface area contributed by atoms with Crippen LogP contribution in [0.1, 0.15) is 38.4 Å². The second kappa shape index (κ2) is 7.88. The van der Waals surface area contributed by atoms with Crippen molar-refractivity contribution in [2.75, 3.05) is 6.61 Å². The van der Waals surface area contributed by atoms with Crippen molar-refractivity contribution < 1.29 is 30.5 Å². The van der Waals surface area contributed by atoms with Crippen LogP contribution in [0.25, 0.3) is 0 Å². The molecule has 8 heteroatoms. The van der Waals surface area contributed by atoms with Crippen LogP contribution in [0.2, 0.25) is 0 Å². The smallest absolute Gasteiger partial charge is 0.366 e. The van der Waals surface area contributed by atoms with E-state index in [2.05, 4.69) is 4.18 Å². The Morgan fingerprint density at radius 3 is 2.48 bits per heavy atom. The summed E-state index contributed by atoms with van der Waals surface area (Å²) < 4.78 is 68.9. The third-order valence-electron chi connectivity index (χ3n) is 4.00. The van der Waals surface area contributed by atoms with Gasteiger partial charge in [0.2, 0.25) is 0 Å². The summed E-state index contributed by atoms with van der Waals surface area (Å²) in [6.07, 6.45) is 2.28. The van der Waals surface area contributed by atoms with E-state index in [0.717, 1.165) is 11.1 Å². The van der Waals surface area contributed by atoms with Crippen molar-refractivity contribution in [2.45, 2.75) is 44.4 Å². The largest absolute Gasteiger partial charge is 0.523 e. The summed E-state index contributed by atoms with van der Waals surface area (Å²) in [7, 11) is -5.58. The average molecular weight is 378 g/mol. The molecule has 1 fully saturated rings. The third kappa shape index (κ3) is 5.05. The van der Waals surface area contributed by atoms with Gasteiger partial charge in [-0.3, -0.25) is 4.18 Å². The van der Waals surface area contributed by atoms with Gasteiger partial charge >= 0.3 is 15.6 Å². The van der Waals surface area contributed by atoms with Crippen LogP contribution >= 0.6 is 0 Å².